The van der Waals surface area contributed by atoms with E-state index in [9.17, 15) is 0 Å². The third kappa shape index (κ3) is 7.66. The second-order valence-electron chi connectivity index (χ2n) is 1.58. The SMILES string of the molecule is C=CC(CO)NCC.CC. The van der Waals surface area contributed by atoms with Crippen molar-refractivity contribution < 1.29 is 5.11 Å². The lowest BCUT2D eigenvalue weighted by atomic mass is 10.3. The Hall–Kier alpha value is -0.340. The van der Waals surface area contributed by atoms with Crippen LogP contribution in [0.2, 0.25) is 0 Å². The van der Waals surface area contributed by atoms with Crippen molar-refractivity contribution in [2.45, 2.75) is 26.8 Å². The van der Waals surface area contributed by atoms with Crippen molar-refractivity contribution >= 4 is 0 Å². The Morgan fingerprint density at radius 1 is 1.60 bits per heavy atom. The van der Waals surface area contributed by atoms with E-state index in [0.29, 0.717) is 0 Å². The fraction of sp³-hybridized carbons (Fsp3) is 0.750. The summed E-state index contributed by atoms with van der Waals surface area (Å²) in [6.07, 6.45) is 1.70. The summed E-state index contributed by atoms with van der Waals surface area (Å²) in [5.41, 5.74) is 0. The van der Waals surface area contributed by atoms with Gasteiger partial charge in [-0.15, -0.1) is 6.58 Å². The molecule has 2 N–H and O–H groups in total. The van der Waals surface area contributed by atoms with Crippen LogP contribution in [0.25, 0.3) is 0 Å². The Morgan fingerprint density at radius 3 is 2.20 bits per heavy atom. The van der Waals surface area contributed by atoms with Crippen LogP contribution in [0.5, 0.6) is 0 Å². The van der Waals surface area contributed by atoms with Crippen molar-refractivity contribution in [2.75, 3.05) is 13.2 Å². The van der Waals surface area contributed by atoms with Gasteiger partial charge in [-0.1, -0.05) is 26.8 Å². The van der Waals surface area contributed by atoms with E-state index in [0.717, 1.165) is 6.54 Å². The number of nitrogens with one attached hydrogen (secondary N) is 1. The first kappa shape index (κ1) is 12.3. The van der Waals surface area contributed by atoms with Gasteiger partial charge < -0.3 is 10.4 Å². The van der Waals surface area contributed by atoms with Gasteiger partial charge in [-0.05, 0) is 6.54 Å². The first-order valence-electron chi connectivity index (χ1n) is 3.82. The van der Waals surface area contributed by atoms with Gasteiger partial charge in [0.2, 0.25) is 0 Å². The highest BCUT2D eigenvalue weighted by atomic mass is 16.3. The van der Waals surface area contributed by atoms with Crippen molar-refractivity contribution in [1.82, 2.24) is 5.32 Å². The van der Waals surface area contributed by atoms with Gasteiger partial charge in [-0.2, -0.15) is 0 Å². The van der Waals surface area contributed by atoms with Gasteiger partial charge in [0, 0.05) is 6.04 Å². The zero-order valence-corrected chi connectivity index (χ0v) is 7.22. The lowest BCUT2D eigenvalue weighted by molar-refractivity contribution is 0.266. The number of hydrogen-bond acceptors (Lipinski definition) is 2. The number of likely N-dealkylation sites (N-methyl/N-ethyl adjacent to an activating group) is 1. The molecule has 0 bridgehead atoms. The Labute approximate surface area is 64.0 Å². The number of aliphatic hydroxyl groups excluding tert-OH is 1. The van der Waals surface area contributed by atoms with Gasteiger partial charge in [-0.25, -0.2) is 0 Å². The monoisotopic (exact) mass is 145 g/mol. The highest BCUT2D eigenvalue weighted by Crippen LogP contribution is 1.79. The van der Waals surface area contributed by atoms with Crippen molar-refractivity contribution in [1.29, 1.82) is 0 Å². The second-order valence-corrected chi connectivity index (χ2v) is 1.58. The summed E-state index contributed by atoms with van der Waals surface area (Å²) in [5.74, 6) is 0. The highest BCUT2D eigenvalue weighted by Gasteiger charge is 1.95. The molecule has 1 unspecified atom stereocenters. The summed E-state index contributed by atoms with van der Waals surface area (Å²) >= 11 is 0. The van der Waals surface area contributed by atoms with Crippen LogP contribution in [-0.4, -0.2) is 24.3 Å². The van der Waals surface area contributed by atoms with Crippen molar-refractivity contribution in [3.05, 3.63) is 12.7 Å². The van der Waals surface area contributed by atoms with Gasteiger partial charge in [0.25, 0.3) is 0 Å². The Balaban J connectivity index is 0. The molecule has 0 aliphatic heterocycles. The Bertz CT molecular complexity index is 64.3. The molecule has 0 heterocycles. The average molecular weight is 145 g/mol. The van der Waals surface area contributed by atoms with Gasteiger partial charge in [-0.3, -0.25) is 0 Å². The summed E-state index contributed by atoms with van der Waals surface area (Å²) in [5, 5.41) is 11.5. The van der Waals surface area contributed by atoms with E-state index in [4.69, 9.17) is 5.11 Å². The van der Waals surface area contributed by atoms with E-state index < -0.39 is 0 Å². The Morgan fingerprint density at radius 2 is 2.10 bits per heavy atom. The van der Waals surface area contributed by atoms with Crippen LogP contribution >= 0.6 is 0 Å². The maximum absolute atomic E-state index is 8.52. The third-order valence-corrected chi connectivity index (χ3v) is 0.948. The molecule has 62 valence electrons. The molecule has 0 saturated heterocycles. The molecule has 0 fully saturated rings. The summed E-state index contributed by atoms with van der Waals surface area (Å²) in [6.45, 7) is 10.5. The molecule has 0 radical (unpaired) electrons. The molecular formula is C8H19NO. The second kappa shape index (κ2) is 11.5. The first-order chi connectivity index (χ1) is 4.85. The fourth-order valence-corrected chi connectivity index (χ4v) is 0.485. The number of aliphatic hydroxyl groups is 1. The minimum Gasteiger partial charge on any atom is -0.394 e. The molecule has 0 spiro atoms. The van der Waals surface area contributed by atoms with Crippen molar-refractivity contribution in [2.24, 2.45) is 0 Å². The Kier molecular flexibility index (Phi) is 14.1. The van der Waals surface area contributed by atoms with Gasteiger partial charge >= 0.3 is 0 Å². The average Bonchev–Trinajstić information content (AvgIpc) is 2.04. The summed E-state index contributed by atoms with van der Waals surface area (Å²) in [4.78, 5) is 0. The first-order valence-corrected chi connectivity index (χ1v) is 3.82. The third-order valence-electron chi connectivity index (χ3n) is 0.948. The van der Waals surface area contributed by atoms with Crippen LogP contribution in [0.3, 0.4) is 0 Å². The van der Waals surface area contributed by atoms with Gasteiger partial charge in [0.15, 0.2) is 0 Å². The molecule has 0 aromatic heterocycles. The summed E-state index contributed by atoms with van der Waals surface area (Å²) < 4.78 is 0. The summed E-state index contributed by atoms with van der Waals surface area (Å²) in [6, 6.07) is 0.0694. The van der Waals surface area contributed by atoms with Gasteiger partial charge in [0.05, 0.1) is 6.61 Å². The standard InChI is InChI=1S/C6H13NO.C2H6/c1-3-6(5-8)7-4-2;1-2/h3,6-8H,1,4-5H2,2H3;1-2H3. The van der Waals surface area contributed by atoms with Crippen molar-refractivity contribution in [3.8, 4) is 0 Å². The molecule has 0 saturated carbocycles. The topological polar surface area (TPSA) is 32.3 Å². The molecule has 2 nitrogen and oxygen atoms in total. The molecule has 0 aliphatic rings. The lowest BCUT2D eigenvalue weighted by Gasteiger charge is -2.07. The minimum atomic E-state index is 0.0694. The molecule has 0 aromatic rings. The van der Waals surface area contributed by atoms with Crippen LogP contribution in [0, 0.1) is 0 Å². The largest absolute Gasteiger partial charge is 0.394 e. The molecule has 2 heteroatoms. The predicted molar refractivity (Wildman–Crippen MR) is 46.1 cm³/mol. The molecular weight excluding hydrogens is 126 g/mol. The lowest BCUT2D eigenvalue weighted by Crippen LogP contribution is -2.29. The normalized spacial score (nSPS) is 11.2. The van der Waals surface area contributed by atoms with Crippen LogP contribution < -0.4 is 5.32 Å². The van der Waals surface area contributed by atoms with E-state index in [1.54, 1.807) is 6.08 Å². The molecule has 0 rings (SSSR count). The van der Waals surface area contributed by atoms with E-state index in [-0.39, 0.29) is 12.6 Å². The predicted octanol–water partition coefficient (Wildman–Crippen LogP) is 1.17. The van der Waals surface area contributed by atoms with E-state index in [1.807, 2.05) is 20.8 Å². The molecule has 0 aliphatic carbocycles. The quantitative estimate of drug-likeness (QED) is 0.582. The van der Waals surface area contributed by atoms with E-state index >= 15 is 0 Å². The molecule has 0 aromatic carbocycles. The van der Waals surface area contributed by atoms with E-state index in [2.05, 4.69) is 11.9 Å². The smallest absolute Gasteiger partial charge is 0.0620 e. The van der Waals surface area contributed by atoms with Crippen LogP contribution in [0.1, 0.15) is 20.8 Å². The van der Waals surface area contributed by atoms with Gasteiger partial charge in [0.1, 0.15) is 0 Å². The number of rotatable bonds is 4. The molecule has 10 heavy (non-hydrogen) atoms. The minimum absolute atomic E-state index is 0.0694. The zero-order valence-electron chi connectivity index (χ0n) is 7.22. The fourth-order valence-electron chi connectivity index (χ4n) is 0.485. The van der Waals surface area contributed by atoms with Crippen LogP contribution in [-0.2, 0) is 0 Å². The summed E-state index contributed by atoms with van der Waals surface area (Å²) in [7, 11) is 0. The van der Waals surface area contributed by atoms with Crippen LogP contribution in [0.15, 0.2) is 12.7 Å². The molecule has 0 amide bonds. The van der Waals surface area contributed by atoms with Crippen molar-refractivity contribution in [3.63, 3.8) is 0 Å². The maximum Gasteiger partial charge on any atom is 0.0620 e. The number of hydrogen-bond donors (Lipinski definition) is 2. The highest BCUT2D eigenvalue weighted by molar-refractivity contribution is 4.83. The van der Waals surface area contributed by atoms with Crippen LogP contribution in [0.4, 0.5) is 0 Å². The zero-order chi connectivity index (χ0) is 8.41. The maximum atomic E-state index is 8.52. The molecule has 1 atom stereocenters. The van der Waals surface area contributed by atoms with E-state index in [1.165, 1.54) is 0 Å².